The maximum atomic E-state index is 13.9. The Kier molecular flexibility index (Phi) is 5.49. The number of nitrogens with zero attached hydrogens (tertiary/aromatic N) is 1. The number of ketones is 1. The van der Waals surface area contributed by atoms with Crippen LogP contribution in [0.25, 0.3) is 16.6 Å². The van der Waals surface area contributed by atoms with Crippen molar-refractivity contribution < 1.29 is 23.1 Å². The molecule has 0 atom stereocenters. The van der Waals surface area contributed by atoms with Gasteiger partial charge in [-0.1, -0.05) is 24.3 Å². The summed E-state index contributed by atoms with van der Waals surface area (Å²) >= 11 is 0. The van der Waals surface area contributed by atoms with Crippen LogP contribution in [0.4, 0.5) is 14.5 Å². The van der Waals surface area contributed by atoms with Crippen LogP contribution in [0, 0.1) is 11.6 Å². The first-order valence-electron chi connectivity index (χ1n) is 9.62. The molecule has 0 fully saturated rings. The molecule has 156 valence electrons. The van der Waals surface area contributed by atoms with E-state index in [0.29, 0.717) is 29.0 Å². The first-order chi connectivity index (χ1) is 15.0. The van der Waals surface area contributed by atoms with E-state index in [4.69, 9.17) is 4.74 Å². The number of benzene rings is 2. The van der Waals surface area contributed by atoms with Crippen LogP contribution < -0.4 is 10.1 Å². The summed E-state index contributed by atoms with van der Waals surface area (Å²) in [5.41, 5.74) is 1.33. The third-order valence-corrected chi connectivity index (χ3v) is 4.78. The Balaban J connectivity index is 1.76. The average Bonchev–Trinajstić information content (AvgIpc) is 3.16. The number of nitrogens with one attached hydrogen (secondary N) is 1. The van der Waals surface area contributed by atoms with Gasteiger partial charge in [-0.2, -0.15) is 0 Å². The molecule has 2 aromatic heterocycles. The van der Waals surface area contributed by atoms with Crippen molar-refractivity contribution in [2.75, 3.05) is 11.9 Å². The van der Waals surface area contributed by atoms with Gasteiger partial charge in [0.05, 0.1) is 6.61 Å². The molecule has 1 N–H and O–H groups in total. The van der Waals surface area contributed by atoms with Gasteiger partial charge in [-0.05, 0) is 55.0 Å². The van der Waals surface area contributed by atoms with Crippen LogP contribution in [0.5, 0.6) is 5.75 Å². The molecule has 7 heteroatoms. The van der Waals surface area contributed by atoms with E-state index in [1.54, 1.807) is 59.1 Å². The van der Waals surface area contributed by atoms with Crippen molar-refractivity contribution in [2.45, 2.75) is 6.92 Å². The predicted molar refractivity (Wildman–Crippen MR) is 113 cm³/mol. The lowest BCUT2D eigenvalue weighted by Gasteiger charge is -2.09. The number of carbonyl (C=O) groups is 2. The van der Waals surface area contributed by atoms with Gasteiger partial charge >= 0.3 is 0 Å². The van der Waals surface area contributed by atoms with Gasteiger partial charge in [0.1, 0.15) is 28.8 Å². The van der Waals surface area contributed by atoms with E-state index in [1.165, 1.54) is 6.07 Å². The van der Waals surface area contributed by atoms with Gasteiger partial charge in [0.2, 0.25) is 0 Å². The van der Waals surface area contributed by atoms with E-state index < -0.39 is 29.0 Å². The third-order valence-electron chi connectivity index (χ3n) is 4.78. The second-order valence-corrected chi connectivity index (χ2v) is 6.74. The molecule has 31 heavy (non-hydrogen) atoms. The second-order valence-electron chi connectivity index (χ2n) is 6.74. The Morgan fingerprint density at radius 2 is 1.68 bits per heavy atom. The summed E-state index contributed by atoms with van der Waals surface area (Å²) in [6.07, 6.45) is 1.65. The lowest BCUT2D eigenvalue weighted by atomic mass is 10.0. The largest absolute Gasteiger partial charge is 0.494 e. The van der Waals surface area contributed by atoms with Crippen LogP contribution in [0.3, 0.4) is 0 Å². The van der Waals surface area contributed by atoms with Gasteiger partial charge in [0.15, 0.2) is 0 Å². The number of anilines is 1. The molecule has 4 rings (SSSR count). The quantitative estimate of drug-likeness (QED) is 0.349. The average molecular weight is 420 g/mol. The summed E-state index contributed by atoms with van der Waals surface area (Å²) in [5.74, 6) is -3.31. The van der Waals surface area contributed by atoms with Crippen LogP contribution in [-0.4, -0.2) is 22.7 Å². The maximum absolute atomic E-state index is 13.9. The number of Topliss-reactive ketones (excluding diaryl/α,β-unsaturated/α-hetero) is 1. The number of rotatable bonds is 6. The van der Waals surface area contributed by atoms with E-state index in [9.17, 15) is 18.4 Å². The molecule has 0 unspecified atom stereocenters. The van der Waals surface area contributed by atoms with Crippen molar-refractivity contribution in [3.8, 4) is 16.9 Å². The minimum absolute atomic E-state index is 0.0917. The van der Waals surface area contributed by atoms with Crippen LogP contribution in [0.1, 0.15) is 17.4 Å². The Labute approximate surface area is 176 Å². The van der Waals surface area contributed by atoms with Crippen molar-refractivity contribution >= 4 is 22.9 Å². The lowest BCUT2D eigenvalue weighted by molar-refractivity contribution is -0.112. The van der Waals surface area contributed by atoms with Crippen LogP contribution in [0.2, 0.25) is 0 Å². The third kappa shape index (κ3) is 3.90. The van der Waals surface area contributed by atoms with Gasteiger partial charge < -0.3 is 14.5 Å². The second kappa shape index (κ2) is 8.39. The number of para-hydroxylation sites is 1. The fourth-order valence-electron chi connectivity index (χ4n) is 3.37. The molecule has 0 spiro atoms. The van der Waals surface area contributed by atoms with Gasteiger partial charge in [-0.3, -0.25) is 9.59 Å². The van der Waals surface area contributed by atoms with Gasteiger partial charge in [-0.25, -0.2) is 8.78 Å². The summed E-state index contributed by atoms with van der Waals surface area (Å²) in [5, 5.41) is 2.06. The summed E-state index contributed by atoms with van der Waals surface area (Å²) in [4.78, 5) is 25.8. The number of pyridine rings is 1. The highest BCUT2D eigenvalue weighted by molar-refractivity contribution is 6.47. The van der Waals surface area contributed by atoms with Crippen molar-refractivity contribution in [3.05, 3.63) is 90.3 Å². The molecule has 4 aromatic rings. The first kappa shape index (κ1) is 20.3. The fraction of sp³-hybridized carbons (Fsp3) is 0.0833. The molecule has 0 aliphatic rings. The smallest absolute Gasteiger partial charge is 0.298 e. The van der Waals surface area contributed by atoms with Crippen LogP contribution >= 0.6 is 0 Å². The molecular weight excluding hydrogens is 402 g/mol. The molecule has 2 heterocycles. The van der Waals surface area contributed by atoms with Crippen molar-refractivity contribution in [1.82, 2.24) is 4.40 Å². The number of hydrogen-bond acceptors (Lipinski definition) is 3. The van der Waals surface area contributed by atoms with E-state index in [2.05, 4.69) is 5.32 Å². The molecule has 0 saturated heterocycles. The number of fused-ring (bicyclic) bond motifs is 1. The summed E-state index contributed by atoms with van der Waals surface area (Å²) < 4.78 is 34.9. The minimum atomic E-state index is -1.14. The number of amides is 1. The minimum Gasteiger partial charge on any atom is -0.494 e. The highest BCUT2D eigenvalue weighted by Crippen LogP contribution is 2.30. The maximum Gasteiger partial charge on any atom is 0.298 e. The summed E-state index contributed by atoms with van der Waals surface area (Å²) in [7, 11) is 0. The Morgan fingerprint density at radius 1 is 0.968 bits per heavy atom. The van der Waals surface area contributed by atoms with Crippen LogP contribution in [0.15, 0.2) is 72.9 Å². The monoisotopic (exact) mass is 420 g/mol. The standard InChI is InChI=1S/C24H18F2N2O3/c1-2-31-17-11-9-15(10-12-17)18-14-16-6-3-4-13-28(16)22(18)23(29)24(30)27-21-19(25)7-5-8-20(21)26/h3-14H,2H2,1H3,(H,27,30). The van der Waals surface area contributed by atoms with Crippen molar-refractivity contribution in [3.63, 3.8) is 0 Å². The zero-order valence-corrected chi connectivity index (χ0v) is 16.6. The Bertz CT molecular complexity index is 1260. The predicted octanol–water partition coefficient (Wildman–Crippen LogP) is 5.10. The van der Waals surface area contributed by atoms with Crippen molar-refractivity contribution in [2.24, 2.45) is 0 Å². The number of hydrogen-bond donors (Lipinski definition) is 1. The normalized spacial score (nSPS) is 10.8. The summed E-state index contributed by atoms with van der Waals surface area (Å²) in [6, 6.07) is 17.4. The fourth-order valence-corrected chi connectivity index (χ4v) is 3.37. The van der Waals surface area contributed by atoms with Crippen LogP contribution in [-0.2, 0) is 4.79 Å². The zero-order valence-electron chi connectivity index (χ0n) is 16.6. The number of aromatic nitrogens is 1. The topological polar surface area (TPSA) is 59.8 Å². The van der Waals surface area contributed by atoms with E-state index in [-0.39, 0.29) is 5.69 Å². The highest BCUT2D eigenvalue weighted by Gasteiger charge is 2.26. The van der Waals surface area contributed by atoms with E-state index >= 15 is 0 Å². The molecule has 2 aromatic carbocycles. The molecule has 0 bridgehead atoms. The van der Waals surface area contributed by atoms with E-state index in [0.717, 1.165) is 12.1 Å². The van der Waals surface area contributed by atoms with Crippen molar-refractivity contribution in [1.29, 1.82) is 0 Å². The van der Waals surface area contributed by atoms with E-state index in [1.807, 2.05) is 6.92 Å². The summed E-state index contributed by atoms with van der Waals surface area (Å²) in [6.45, 7) is 2.40. The molecule has 0 radical (unpaired) electrons. The number of halogens is 2. The van der Waals surface area contributed by atoms with Gasteiger partial charge in [0, 0.05) is 17.3 Å². The zero-order chi connectivity index (χ0) is 22.0. The Morgan fingerprint density at radius 3 is 2.35 bits per heavy atom. The molecule has 1 amide bonds. The SMILES string of the molecule is CCOc1ccc(-c2cc3ccccn3c2C(=O)C(=O)Nc2c(F)cccc2F)cc1. The number of ether oxygens (including phenoxy) is 1. The molecule has 0 aliphatic carbocycles. The Hall–Kier alpha value is -4.00. The molecule has 0 saturated carbocycles. The first-order valence-corrected chi connectivity index (χ1v) is 9.62. The highest BCUT2D eigenvalue weighted by atomic mass is 19.1. The number of carbonyl (C=O) groups excluding carboxylic acids is 2. The van der Waals surface area contributed by atoms with Gasteiger partial charge in [-0.15, -0.1) is 0 Å². The van der Waals surface area contributed by atoms with Gasteiger partial charge in [0.25, 0.3) is 11.7 Å². The lowest BCUT2D eigenvalue weighted by Crippen LogP contribution is -2.25. The molecular formula is C24H18F2N2O3. The molecule has 5 nitrogen and oxygen atoms in total. The molecule has 0 aliphatic heterocycles.